The molecule has 0 radical (unpaired) electrons. The first-order valence-corrected chi connectivity index (χ1v) is 4.10. The lowest BCUT2D eigenvalue weighted by molar-refractivity contribution is 0.198. The Balaban J connectivity index is 0. The molecule has 1 aliphatic rings. The normalized spacial score (nSPS) is 14.4. The molecule has 1 aliphatic heterocycles. The summed E-state index contributed by atoms with van der Waals surface area (Å²) in [6.07, 6.45) is 2.56. The average molecular weight is 148 g/mol. The Morgan fingerprint density at radius 3 is 1.60 bits per heavy atom. The van der Waals surface area contributed by atoms with E-state index in [0.717, 1.165) is 13.2 Å². The fourth-order valence-electron chi connectivity index (χ4n) is 0.510. The highest BCUT2D eigenvalue weighted by Gasteiger charge is 1.94. The van der Waals surface area contributed by atoms with E-state index in [9.17, 15) is 0 Å². The van der Waals surface area contributed by atoms with Gasteiger partial charge in [0.1, 0.15) is 0 Å². The van der Waals surface area contributed by atoms with E-state index in [2.05, 4.69) is 0 Å². The van der Waals surface area contributed by atoms with E-state index in [1.165, 1.54) is 12.8 Å². The van der Waals surface area contributed by atoms with Gasteiger partial charge in [0.15, 0.2) is 0 Å². The maximum absolute atomic E-state index is 7.57. The van der Waals surface area contributed by atoms with Gasteiger partial charge in [-0.05, 0) is 19.8 Å². The standard InChI is InChI=1S/C4H8O.C2H6O.C2H6/c1-2-4-5-3-1;1-2-3;1-2/h1-4H2;3H,2H2,1H3;1-2H3. The fourth-order valence-corrected chi connectivity index (χ4v) is 0.510. The largest absolute Gasteiger partial charge is 0.397 e. The molecule has 0 aromatic heterocycles. The van der Waals surface area contributed by atoms with Gasteiger partial charge in [-0.2, -0.15) is 0 Å². The van der Waals surface area contributed by atoms with E-state index in [1.54, 1.807) is 6.92 Å². The molecule has 1 rings (SSSR count). The van der Waals surface area contributed by atoms with Crippen LogP contribution in [0.25, 0.3) is 0 Å². The van der Waals surface area contributed by atoms with E-state index in [1.807, 2.05) is 13.8 Å². The first-order valence-electron chi connectivity index (χ1n) is 4.10. The quantitative estimate of drug-likeness (QED) is 0.568. The highest BCUT2D eigenvalue weighted by molar-refractivity contribution is 4.43. The van der Waals surface area contributed by atoms with Gasteiger partial charge in [-0.15, -0.1) is 0 Å². The molecule has 0 bridgehead atoms. The summed E-state index contributed by atoms with van der Waals surface area (Å²) in [6.45, 7) is 7.93. The van der Waals surface area contributed by atoms with Gasteiger partial charge in [0, 0.05) is 19.8 Å². The summed E-state index contributed by atoms with van der Waals surface area (Å²) >= 11 is 0. The van der Waals surface area contributed by atoms with E-state index in [-0.39, 0.29) is 6.61 Å². The van der Waals surface area contributed by atoms with Gasteiger partial charge in [-0.1, -0.05) is 13.8 Å². The van der Waals surface area contributed by atoms with Gasteiger partial charge in [0.05, 0.1) is 0 Å². The van der Waals surface area contributed by atoms with E-state index < -0.39 is 0 Å². The monoisotopic (exact) mass is 148 g/mol. The lowest BCUT2D eigenvalue weighted by atomic mass is 10.4. The maximum atomic E-state index is 7.57. The zero-order chi connectivity index (χ0) is 8.24. The molecule has 10 heavy (non-hydrogen) atoms. The van der Waals surface area contributed by atoms with Gasteiger partial charge in [0.25, 0.3) is 0 Å². The van der Waals surface area contributed by atoms with Crippen LogP contribution >= 0.6 is 0 Å². The van der Waals surface area contributed by atoms with Crippen LogP contribution in [-0.2, 0) is 4.74 Å². The number of aliphatic hydroxyl groups excluding tert-OH is 1. The smallest absolute Gasteiger partial charge is 0.0466 e. The van der Waals surface area contributed by atoms with Crippen molar-refractivity contribution in [3.8, 4) is 0 Å². The van der Waals surface area contributed by atoms with Gasteiger partial charge in [-0.3, -0.25) is 0 Å². The zero-order valence-corrected chi connectivity index (χ0v) is 7.39. The number of hydrogen-bond donors (Lipinski definition) is 1. The van der Waals surface area contributed by atoms with Crippen LogP contribution in [0, 0.1) is 0 Å². The van der Waals surface area contributed by atoms with Crippen LogP contribution in [0.15, 0.2) is 0 Å². The summed E-state index contributed by atoms with van der Waals surface area (Å²) in [4.78, 5) is 0. The highest BCUT2D eigenvalue weighted by atomic mass is 16.5. The first kappa shape index (κ1) is 12.6. The minimum Gasteiger partial charge on any atom is -0.397 e. The van der Waals surface area contributed by atoms with E-state index in [0.29, 0.717) is 0 Å². The van der Waals surface area contributed by atoms with Crippen molar-refractivity contribution < 1.29 is 9.84 Å². The van der Waals surface area contributed by atoms with Crippen molar-refractivity contribution in [2.45, 2.75) is 33.6 Å². The molecule has 0 saturated carbocycles. The number of hydrogen-bond acceptors (Lipinski definition) is 2. The van der Waals surface area contributed by atoms with Crippen LogP contribution in [0.4, 0.5) is 0 Å². The maximum Gasteiger partial charge on any atom is 0.0466 e. The van der Waals surface area contributed by atoms with Crippen molar-refractivity contribution in [3.63, 3.8) is 0 Å². The van der Waals surface area contributed by atoms with Gasteiger partial charge < -0.3 is 9.84 Å². The molecular weight excluding hydrogens is 128 g/mol. The van der Waals surface area contributed by atoms with Crippen molar-refractivity contribution in [1.29, 1.82) is 0 Å². The third-order valence-corrected chi connectivity index (χ3v) is 0.827. The molecule has 1 saturated heterocycles. The van der Waals surface area contributed by atoms with Crippen LogP contribution < -0.4 is 0 Å². The molecule has 0 aromatic rings. The summed E-state index contributed by atoms with van der Waals surface area (Å²) in [5.41, 5.74) is 0. The number of rotatable bonds is 0. The fraction of sp³-hybridized carbons (Fsp3) is 1.00. The Bertz CT molecular complexity index is 26.6. The third-order valence-electron chi connectivity index (χ3n) is 0.827. The number of aliphatic hydroxyl groups is 1. The summed E-state index contributed by atoms with van der Waals surface area (Å²) in [6, 6.07) is 0. The Kier molecular flexibility index (Phi) is 20.1. The number of ether oxygens (including phenoxy) is 1. The molecule has 1 heterocycles. The van der Waals surface area contributed by atoms with Crippen molar-refractivity contribution >= 4 is 0 Å². The molecule has 0 aliphatic carbocycles. The Morgan fingerprint density at radius 2 is 1.50 bits per heavy atom. The molecule has 1 N–H and O–H groups in total. The van der Waals surface area contributed by atoms with Crippen molar-refractivity contribution in [1.82, 2.24) is 0 Å². The lowest BCUT2D eigenvalue weighted by Gasteiger charge is -1.76. The molecule has 0 unspecified atom stereocenters. The summed E-state index contributed by atoms with van der Waals surface area (Å²) in [5.74, 6) is 0. The Morgan fingerprint density at radius 1 is 1.20 bits per heavy atom. The summed E-state index contributed by atoms with van der Waals surface area (Å²) in [7, 11) is 0. The molecular formula is C8H20O2. The van der Waals surface area contributed by atoms with Crippen LogP contribution in [0.3, 0.4) is 0 Å². The summed E-state index contributed by atoms with van der Waals surface area (Å²) in [5, 5.41) is 7.57. The molecule has 0 aromatic carbocycles. The van der Waals surface area contributed by atoms with Gasteiger partial charge >= 0.3 is 0 Å². The third kappa shape index (κ3) is 15.7. The average Bonchev–Trinajstić information content (AvgIpc) is 2.48. The molecule has 2 heteroatoms. The molecule has 0 atom stereocenters. The van der Waals surface area contributed by atoms with Gasteiger partial charge in [-0.25, -0.2) is 0 Å². The van der Waals surface area contributed by atoms with Crippen LogP contribution in [0.1, 0.15) is 33.6 Å². The van der Waals surface area contributed by atoms with E-state index >= 15 is 0 Å². The first-order chi connectivity index (χ1) is 4.91. The highest BCUT2D eigenvalue weighted by Crippen LogP contribution is 1.98. The van der Waals surface area contributed by atoms with E-state index in [4.69, 9.17) is 9.84 Å². The van der Waals surface area contributed by atoms with Crippen molar-refractivity contribution in [2.24, 2.45) is 0 Å². The Labute approximate surface area is 64.2 Å². The molecule has 2 nitrogen and oxygen atoms in total. The van der Waals surface area contributed by atoms with Crippen LogP contribution in [-0.4, -0.2) is 24.9 Å². The second-order valence-electron chi connectivity index (χ2n) is 1.64. The van der Waals surface area contributed by atoms with Gasteiger partial charge in [0.2, 0.25) is 0 Å². The van der Waals surface area contributed by atoms with Crippen molar-refractivity contribution in [2.75, 3.05) is 19.8 Å². The van der Waals surface area contributed by atoms with Crippen LogP contribution in [0.2, 0.25) is 0 Å². The molecule has 0 spiro atoms. The molecule has 1 fully saturated rings. The second kappa shape index (κ2) is 16.0. The molecule has 64 valence electrons. The zero-order valence-electron chi connectivity index (χ0n) is 7.39. The Hall–Kier alpha value is -0.0800. The van der Waals surface area contributed by atoms with Crippen LogP contribution in [0.5, 0.6) is 0 Å². The van der Waals surface area contributed by atoms with Crippen molar-refractivity contribution in [3.05, 3.63) is 0 Å². The minimum absolute atomic E-state index is 0.250. The lowest BCUT2D eigenvalue weighted by Crippen LogP contribution is -1.74. The SMILES string of the molecule is C1CCOC1.CC.CCO. The minimum atomic E-state index is 0.250. The summed E-state index contributed by atoms with van der Waals surface area (Å²) < 4.78 is 4.94. The topological polar surface area (TPSA) is 29.5 Å². The predicted molar refractivity (Wildman–Crippen MR) is 44.2 cm³/mol. The molecule has 0 amide bonds. The predicted octanol–water partition coefficient (Wildman–Crippen LogP) is 1.82. The second-order valence-corrected chi connectivity index (χ2v) is 1.64.